The second-order valence-corrected chi connectivity index (χ2v) is 7.57. The van der Waals surface area contributed by atoms with Gasteiger partial charge in [0.05, 0.1) is 27.0 Å². The number of carbonyl (C=O) groups is 1. The van der Waals surface area contributed by atoms with E-state index in [9.17, 15) is 4.79 Å². The number of methoxy groups -OCH3 is 3. The Morgan fingerprint density at radius 1 is 0.882 bits per heavy atom. The Kier molecular flexibility index (Phi) is 6.77. The third-order valence-corrected chi connectivity index (χ3v) is 5.32. The lowest BCUT2D eigenvalue weighted by molar-refractivity contribution is 0.0773. The highest BCUT2D eigenvalue weighted by Gasteiger charge is 2.23. The van der Waals surface area contributed by atoms with E-state index in [1.54, 1.807) is 38.0 Å². The maximum Gasteiger partial charge on any atom is 0.293 e. The molecule has 0 saturated heterocycles. The van der Waals surface area contributed by atoms with Gasteiger partial charge in [0.1, 0.15) is 0 Å². The van der Waals surface area contributed by atoms with Gasteiger partial charge in [0, 0.05) is 19.2 Å². The minimum Gasteiger partial charge on any atom is -0.493 e. The first-order valence-corrected chi connectivity index (χ1v) is 10.7. The number of para-hydroxylation sites is 1. The topological polar surface area (TPSA) is 78.7 Å². The highest BCUT2D eigenvalue weighted by molar-refractivity contribution is 5.91. The van der Waals surface area contributed by atoms with Gasteiger partial charge in [0.2, 0.25) is 11.6 Å². The second kappa shape index (κ2) is 10.1. The van der Waals surface area contributed by atoms with Gasteiger partial charge in [0.25, 0.3) is 5.91 Å². The molecule has 0 radical (unpaired) electrons. The summed E-state index contributed by atoms with van der Waals surface area (Å²) in [5.74, 6) is 1.94. The molecule has 0 unspecified atom stereocenters. The standard InChI is InChI=1S/C26H26N4O4/c1-29(17-18-15-21(32-2)23(34-4)22(16-18)33-3)26(31)24-27-25(19-11-7-5-8-12-19)30(28-24)20-13-9-6-10-14-20/h5-16H,17H2,1-4H3. The van der Waals surface area contributed by atoms with Gasteiger partial charge < -0.3 is 19.1 Å². The lowest BCUT2D eigenvalue weighted by Gasteiger charge is -2.18. The van der Waals surface area contributed by atoms with E-state index in [0.717, 1.165) is 16.8 Å². The minimum atomic E-state index is -0.305. The summed E-state index contributed by atoms with van der Waals surface area (Å²) in [7, 11) is 6.37. The zero-order chi connectivity index (χ0) is 24.1. The van der Waals surface area contributed by atoms with Gasteiger partial charge in [0.15, 0.2) is 17.3 Å². The fraction of sp³-hybridized carbons (Fsp3) is 0.192. The van der Waals surface area contributed by atoms with E-state index in [-0.39, 0.29) is 11.7 Å². The van der Waals surface area contributed by atoms with Crippen LogP contribution >= 0.6 is 0 Å². The molecule has 0 bridgehead atoms. The number of amides is 1. The van der Waals surface area contributed by atoms with Crippen molar-refractivity contribution in [3.05, 3.63) is 84.2 Å². The first kappa shape index (κ1) is 22.8. The van der Waals surface area contributed by atoms with Gasteiger partial charge in [-0.15, -0.1) is 5.10 Å². The van der Waals surface area contributed by atoms with Crippen LogP contribution < -0.4 is 14.2 Å². The van der Waals surface area contributed by atoms with Gasteiger partial charge in [-0.1, -0.05) is 48.5 Å². The Balaban J connectivity index is 1.66. The number of rotatable bonds is 8. The summed E-state index contributed by atoms with van der Waals surface area (Å²) in [6, 6.07) is 22.9. The van der Waals surface area contributed by atoms with Crippen LogP contribution in [0.25, 0.3) is 17.1 Å². The molecule has 4 rings (SSSR count). The summed E-state index contributed by atoms with van der Waals surface area (Å²) in [6.45, 7) is 0.302. The van der Waals surface area contributed by atoms with E-state index in [0.29, 0.717) is 29.6 Å². The smallest absolute Gasteiger partial charge is 0.293 e. The Bertz CT molecular complexity index is 1190. The molecule has 0 aliphatic carbocycles. The lowest BCUT2D eigenvalue weighted by atomic mass is 10.1. The first-order chi connectivity index (χ1) is 16.5. The molecule has 1 heterocycles. The van der Waals surface area contributed by atoms with Crippen molar-refractivity contribution in [1.82, 2.24) is 19.7 Å². The number of ether oxygens (including phenoxy) is 3. The van der Waals surface area contributed by atoms with Crippen molar-refractivity contribution in [2.24, 2.45) is 0 Å². The van der Waals surface area contributed by atoms with Gasteiger partial charge in [-0.05, 0) is 29.8 Å². The van der Waals surface area contributed by atoms with Crippen molar-refractivity contribution in [3.8, 4) is 34.3 Å². The Labute approximate surface area is 198 Å². The summed E-state index contributed by atoms with van der Waals surface area (Å²) in [4.78, 5) is 19.5. The molecule has 3 aromatic carbocycles. The van der Waals surface area contributed by atoms with E-state index in [4.69, 9.17) is 14.2 Å². The molecule has 8 nitrogen and oxygen atoms in total. The monoisotopic (exact) mass is 458 g/mol. The van der Waals surface area contributed by atoms with Crippen LogP contribution in [-0.4, -0.2) is 53.9 Å². The van der Waals surface area contributed by atoms with Gasteiger partial charge in [-0.3, -0.25) is 4.79 Å². The second-order valence-electron chi connectivity index (χ2n) is 7.57. The molecule has 1 amide bonds. The number of benzene rings is 3. The number of hydrogen-bond acceptors (Lipinski definition) is 6. The van der Waals surface area contributed by atoms with Crippen molar-refractivity contribution in [2.45, 2.75) is 6.54 Å². The van der Waals surface area contributed by atoms with Crippen molar-refractivity contribution >= 4 is 5.91 Å². The van der Waals surface area contributed by atoms with E-state index >= 15 is 0 Å². The van der Waals surface area contributed by atoms with E-state index in [1.165, 1.54) is 0 Å². The zero-order valence-corrected chi connectivity index (χ0v) is 19.6. The maximum absolute atomic E-state index is 13.3. The quantitative estimate of drug-likeness (QED) is 0.393. The van der Waals surface area contributed by atoms with Crippen LogP contribution in [0.3, 0.4) is 0 Å². The third-order valence-electron chi connectivity index (χ3n) is 5.32. The molecule has 0 aliphatic heterocycles. The molecule has 1 aromatic heterocycles. The molecule has 0 aliphatic rings. The Morgan fingerprint density at radius 3 is 2.03 bits per heavy atom. The van der Waals surface area contributed by atoms with Crippen LogP contribution in [0.4, 0.5) is 0 Å². The molecule has 0 spiro atoms. The van der Waals surface area contributed by atoms with Crippen LogP contribution in [-0.2, 0) is 6.54 Å². The van der Waals surface area contributed by atoms with E-state index < -0.39 is 0 Å². The molecule has 8 heteroatoms. The van der Waals surface area contributed by atoms with Gasteiger partial charge in [-0.2, -0.15) is 0 Å². The van der Waals surface area contributed by atoms with Gasteiger partial charge >= 0.3 is 0 Å². The Morgan fingerprint density at radius 2 is 1.47 bits per heavy atom. The minimum absolute atomic E-state index is 0.109. The molecular weight excluding hydrogens is 432 g/mol. The van der Waals surface area contributed by atoms with Crippen LogP contribution in [0.1, 0.15) is 16.2 Å². The van der Waals surface area contributed by atoms with Crippen LogP contribution in [0.5, 0.6) is 17.2 Å². The van der Waals surface area contributed by atoms with Crippen molar-refractivity contribution in [1.29, 1.82) is 0 Å². The molecule has 0 atom stereocenters. The summed E-state index contributed by atoms with van der Waals surface area (Å²) < 4.78 is 17.9. The fourth-order valence-electron chi connectivity index (χ4n) is 3.67. The number of carbonyl (C=O) groups excluding carboxylic acids is 1. The lowest BCUT2D eigenvalue weighted by Crippen LogP contribution is -2.27. The number of hydrogen-bond donors (Lipinski definition) is 0. The molecule has 0 saturated carbocycles. The summed E-state index contributed by atoms with van der Waals surface area (Å²) >= 11 is 0. The SMILES string of the molecule is COc1cc(CN(C)C(=O)c2nc(-c3ccccc3)n(-c3ccccc3)n2)cc(OC)c1OC. The predicted octanol–water partition coefficient (Wildman–Crippen LogP) is 4.23. The molecule has 0 fully saturated rings. The Hall–Kier alpha value is -4.33. The first-order valence-electron chi connectivity index (χ1n) is 10.7. The highest BCUT2D eigenvalue weighted by Crippen LogP contribution is 2.38. The van der Waals surface area contributed by atoms with Crippen LogP contribution in [0.15, 0.2) is 72.8 Å². The zero-order valence-electron chi connectivity index (χ0n) is 19.6. The van der Waals surface area contributed by atoms with Crippen LogP contribution in [0.2, 0.25) is 0 Å². The highest BCUT2D eigenvalue weighted by atomic mass is 16.5. The predicted molar refractivity (Wildman–Crippen MR) is 129 cm³/mol. The van der Waals surface area contributed by atoms with Crippen molar-refractivity contribution < 1.29 is 19.0 Å². The maximum atomic E-state index is 13.3. The number of aromatic nitrogens is 3. The molecule has 174 valence electrons. The average Bonchev–Trinajstić information content (AvgIpc) is 3.34. The fourth-order valence-corrected chi connectivity index (χ4v) is 3.67. The number of nitrogens with zero attached hydrogens (tertiary/aromatic N) is 4. The van der Waals surface area contributed by atoms with Crippen LogP contribution in [0, 0.1) is 0 Å². The summed E-state index contributed by atoms with van der Waals surface area (Å²) in [5.41, 5.74) is 2.50. The summed E-state index contributed by atoms with van der Waals surface area (Å²) in [5, 5.41) is 4.56. The molecule has 4 aromatic rings. The molecule has 34 heavy (non-hydrogen) atoms. The average molecular weight is 459 g/mol. The largest absolute Gasteiger partial charge is 0.493 e. The van der Waals surface area contributed by atoms with E-state index in [2.05, 4.69) is 10.1 Å². The molecular formula is C26H26N4O4. The van der Waals surface area contributed by atoms with Crippen molar-refractivity contribution in [2.75, 3.05) is 28.4 Å². The summed E-state index contributed by atoms with van der Waals surface area (Å²) in [6.07, 6.45) is 0. The molecule has 0 N–H and O–H groups in total. The normalized spacial score (nSPS) is 10.6. The van der Waals surface area contributed by atoms with Crippen molar-refractivity contribution in [3.63, 3.8) is 0 Å². The van der Waals surface area contributed by atoms with Gasteiger partial charge in [-0.25, -0.2) is 9.67 Å². The third kappa shape index (κ3) is 4.56. The van der Waals surface area contributed by atoms with E-state index in [1.807, 2.05) is 72.8 Å².